The van der Waals surface area contributed by atoms with Gasteiger partial charge >= 0.3 is 111 Å². The molecule has 0 saturated heterocycles. The summed E-state index contributed by atoms with van der Waals surface area (Å²) in [5, 5.41) is 0. The zero-order chi connectivity index (χ0) is 0. The zero-order valence-electron chi connectivity index (χ0n) is 2.12. The molecule has 0 aliphatic rings. The van der Waals surface area contributed by atoms with E-state index in [1.807, 2.05) is 0 Å². The standard InChI is InChI=1S/Ba.Nd.O.Ti/q+2;+3;-2;+4. The molecule has 0 aliphatic heterocycles. The molecule has 0 aromatic rings. The maximum absolute atomic E-state index is 0. The second-order valence-electron chi connectivity index (χ2n) is 0. The van der Waals surface area contributed by atoms with Crippen molar-refractivity contribution in [2.24, 2.45) is 0 Å². The Labute approximate surface area is 113 Å². The summed E-state index contributed by atoms with van der Waals surface area (Å²) in [6, 6.07) is 0. The second kappa shape index (κ2) is 16.0. The molecule has 0 aromatic heterocycles. The molecule has 0 saturated carbocycles. The summed E-state index contributed by atoms with van der Waals surface area (Å²) in [6.07, 6.45) is 0. The van der Waals surface area contributed by atoms with Crippen molar-refractivity contribution in [3.8, 4) is 0 Å². The quantitative estimate of drug-likeness (QED) is 0.530. The molecule has 1 nitrogen and oxygen atoms in total. The van der Waals surface area contributed by atoms with Crippen molar-refractivity contribution in [3.05, 3.63) is 0 Å². The Morgan fingerprint density at radius 2 is 1.00 bits per heavy atom. The monoisotopic (exact) mass is 344 g/mol. The molecule has 0 aliphatic carbocycles. The van der Waals surface area contributed by atoms with Gasteiger partial charge in [0.25, 0.3) is 0 Å². The first-order valence-electron chi connectivity index (χ1n) is 0. The number of hydrogen-bond acceptors (Lipinski definition) is 0. The van der Waals surface area contributed by atoms with Crippen LogP contribution in [-0.2, 0) is 27.2 Å². The summed E-state index contributed by atoms with van der Waals surface area (Å²) in [5.74, 6) is 0. The van der Waals surface area contributed by atoms with Gasteiger partial charge in [-0.3, -0.25) is 0 Å². The minimum absolute atomic E-state index is 0. The van der Waals surface area contributed by atoms with E-state index in [0.29, 0.717) is 0 Å². The van der Waals surface area contributed by atoms with Crippen LogP contribution in [0.5, 0.6) is 0 Å². The average Bonchev–Trinajstić information content (AvgIpc) is 0. The maximum Gasteiger partial charge on any atom is 4.00 e. The van der Waals surface area contributed by atoms with Crippen LogP contribution in [0.25, 0.3) is 0 Å². The van der Waals surface area contributed by atoms with Crippen LogP contribution in [0.15, 0.2) is 0 Å². The molecular formula is BaNdOTi+7. The van der Waals surface area contributed by atoms with Gasteiger partial charge < -0.3 is 5.48 Å². The van der Waals surface area contributed by atoms with Gasteiger partial charge in [-0.1, -0.05) is 0 Å². The molecule has 0 rings (SSSR count). The summed E-state index contributed by atoms with van der Waals surface area (Å²) in [4.78, 5) is 0. The van der Waals surface area contributed by atoms with Crippen molar-refractivity contribution in [1.29, 1.82) is 0 Å². The van der Waals surface area contributed by atoms with Gasteiger partial charge in [0.15, 0.2) is 0 Å². The molecule has 4 heavy (non-hydrogen) atoms. The smallest absolute Gasteiger partial charge is 2.00 e. The van der Waals surface area contributed by atoms with Crippen LogP contribution in [0.2, 0.25) is 0 Å². The molecule has 0 heterocycles. The van der Waals surface area contributed by atoms with E-state index in [1.165, 1.54) is 0 Å². The van der Waals surface area contributed by atoms with E-state index in [0.717, 1.165) is 0 Å². The van der Waals surface area contributed by atoms with Gasteiger partial charge in [0, 0.05) is 0 Å². The molecule has 0 N–H and O–H groups in total. The predicted molar refractivity (Wildman–Crippen MR) is 6.44 cm³/mol. The van der Waals surface area contributed by atoms with Gasteiger partial charge in [-0.25, -0.2) is 0 Å². The Hall–Kier alpha value is 3.60. The number of rotatable bonds is 0. The van der Waals surface area contributed by atoms with Gasteiger partial charge in [0.1, 0.15) is 0 Å². The molecule has 0 amide bonds. The van der Waals surface area contributed by atoms with Crippen LogP contribution in [0, 0.1) is 40.8 Å². The van der Waals surface area contributed by atoms with E-state index < -0.39 is 0 Å². The van der Waals surface area contributed by atoms with Crippen LogP contribution >= 0.6 is 0 Å². The van der Waals surface area contributed by atoms with Gasteiger partial charge in [-0.15, -0.1) is 0 Å². The van der Waals surface area contributed by atoms with E-state index in [1.54, 1.807) is 0 Å². The Morgan fingerprint density at radius 1 is 1.00 bits per heavy atom. The summed E-state index contributed by atoms with van der Waals surface area (Å²) < 4.78 is 0. The van der Waals surface area contributed by atoms with Crippen molar-refractivity contribution in [2.45, 2.75) is 0 Å². The van der Waals surface area contributed by atoms with Crippen molar-refractivity contribution in [3.63, 3.8) is 0 Å². The van der Waals surface area contributed by atoms with Crippen LogP contribution < -0.4 is 0 Å². The van der Waals surface area contributed by atoms with Gasteiger partial charge in [0.2, 0.25) is 0 Å². The van der Waals surface area contributed by atoms with Crippen LogP contribution in [0.1, 0.15) is 0 Å². The molecule has 9 valence electrons. The predicted octanol–water partition coefficient (Wildman–Crippen LogP) is -0.502. The van der Waals surface area contributed by atoms with E-state index in [4.69, 9.17) is 0 Å². The first-order chi connectivity index (χ1) is 0. The van der Waals surface area contributed by atoms with Gasteiger partial charge in [-0.05, 0) is 0 Å². The Balaban J connectivity index is 0. The Bertz CT molecular complexity index is 8.00. The number of hydrogen-bond donors (Lipinski definition) is 0. The summed E-state index contributed by atoms with van der Waals surface area (Å²) >= 11 is 0. The van der Waals surface area contributed by atoms with Crippen molar-refractivity contribution in [2.75, 3.05) is 0 Å². The van der Waals surface area contributed by atoms with E-state index in [-0.39, 0.29) is 117 Å². The van der Waals surface area contributed by atoms with E-state index >= 15 is 0 Å². The van der Waals surface area contributed by atoms with Crippen molar-refractivity contribution < 1.29 is 68.0 Å². The third-order valence-corrected chi connectivity index (χ3v) is 0. The topological polar surface area (TPSA) is 28.5 Å². The minimum Gasteiger partial charge on any atom is -2.00 e. The van der Waals surface area contributed by atoms with E-state index in [9.17, 15) is 0 Å². The fraction of sp³-hybridized carbons (Fsp3) is 0. The first kappa shape index (κ1) is 25.6. The third kappa shape index (κ3) is 9.14. The third-order valence-electron chi connectivity index (χ3n) is 0. The zero-order valence-corrected chi connectivity index (χ0v) is 11.3. The van der Waals surface area contributed by atoms with Gasteiger partial charge in [0.05, 0.1) is 0 Å². The molecule has 0 unspecified atom stereocenters. The molecule has 0 fully saturated rings. The fourth-order valence-corrected chi connectivity index (χ4v) is 0. The van der Waals surface area contributed by atoms with Crippen molar-refractivity contribution >= 4 is 48.9 Å². The normalized spacial score (nSPS) is 0. The largest absolute Gasteiger partial charge is 4.00 e. The average molecular weight is 345 g/mol. The van der Waals surface area contributed by atoms with Gasteiger partial charge in [-0.2, -0.15) is 0 Å². The molecule has 0 aromatic carbocycles. The van der Waals surface area contributed by atoms with Crippen LogP contribution in [-0.4, -0.2) is 48.9 Å². The first-order valence-corrected chi connectivity index (χ1v) is 0. The summed E-state index contributed by atoms with van der Waals surface area (Å²) in [7, 11) is 0. The summed E-state index contributed by atoms with van der Waals surface area (Å²) in [6.45, 7) is 0. The molecule has 0 bridgehead atoms. The molecular weight excluding hydrogens is 345 g/mol. The molecule has 1 radical (unpaired) electrons. The molecule has 0 spiro atoms. The second-order valence-corrected chi connectivity index (χ2v) is 0. The molecule has 0 atom stereocenters. The minimum atomic E-state index is 0. The summed E-state index contributed by atoms with van der Waals surface area (Å²) in [5.41, 5.74) is 0. The van der Waals surface area contributed by atoms with E-state index in [2.05, 4.69) is 0 Å². The van der Waals surface area contributed by atoms with Crippen molar-refractivity contribution in [1.82, 2.24) is 0 Å². The van der Waals surface area contributed by atoms with Crippen LogP contribution in [0.3, 0.4) is 0 Å². The van der Waals surface area contributed by atoms with Crippen LogP contribution in [0.4, 0.5) is 0 Å². The Kier molecular flexibility index (Phi) is 102. The SMILES string of the molecule is [Ba+2].[Nd+3].[O-2].[Ti+4]. The molecule has 4 heteroatoms. The Morgan fingerprint density at radius 3 is 1.00 bits per heavy atom. The fourth-order valence-electron chi connectivity index (χ4n) is 0. The maximum atomic E-state index is 0.